The van der Waals surface area contributed by atoms with E-state index >= 15 is 0 Å². The molecule has 0 bridgehead atoms. The Kier molecular flexibility index (Phi) is 7.85. The van der Waals surface area contributed by atoms with Crippen LogP contribution in [0.4, 0.5) is 0 Å². The van der Waals surface area contributed by atoms with Gasteiger partial charge in [0.15, 0.2) is 11.5 Å². The summed E-state index contributed by atoms with van der Waals surface area (Å²) in [5, 5.41) is 6.34. The molecule has 0 radical (unpaired) electrons. The van der Waals surface area contributed by atoms with Gasteiger partial charge in [-0.05, 0) is 62.9 Å². The maximum Gasteiger partial charge on any atom is 0.220 e. The highest BCUT2D eigenvalue weighted by Gasteiger charge is 2.16. The summed E-state index contributed by atoms with van der Waals surface area (Å²) in [6, 6.07) is 3.75. The summed E-state index contributed by atoms with van der Waals surface area (Å²) >= 11 is 0. The summed E-state index contributed by atoms with van der Waals surface area (Å²) in [5.74, 6) is 2.57. The van der Waals surface area contributed by atoms with Gasteiger partial charge in [-0.1, -0.05) is 0 Å². The van der Waals surface area contributed by atoms with Crippen LogP contribution >= 0.6 is 0 Å². The molecule has 1 amide bonds. The fourth-order valence-corrected chi connectivity index (χ4v) is 3.12. The number of amides is 1. The Balaban J connectivity index is 1.89. The predicted octanol–water partition coefficient (Wildman–Crippen LogP) is 2.50. The van der Waals surface area contributed by atoms with E-state index in [1.807, 2.05) is 19.1 Å². The highest BCUT2D eigenvalue weighted by Crippen LogP contribution is 2.38. The van der Waals surface area contributed by atoms with Crippen LogP contribution in [0.2, 0.25) is 0 Å². The second-order valence-corrected chi connectivity index (χ2v) is 6.27. The molecule has 25 heavy (non-hydrogen) atoms. The summed E-state index contributed by atoms with van der Waals surface area (Å²) in [5.41, 5.74) is 0.923. The zero-order valence-electron chi connectivity index (χ0n) is 15.5. The molecule has 2 rings (SSSR count). The van der Waals surface area contributed by atoms with Crippen molar-refractivity contribution >= 4 is 5.91 Å². The summed E-state index contributed by atoms with van der Waals surface area (Å²) in [6.45, 7) is 5.02. The number of rotatable bonds is 9. The van der Waals surface area contributed by atoms with Crippen molar-refractivity contribution in [3.05, 3.63) is 17.7 Å². The van der Waals surface area contributed by atoms with Crippen LogP contribution in [-0.4, -0.2) is 39.8 Å². The van der Waals surface area contributed by atoms with Crippen molar-refractivity contribution < 1.29 is 19.0 Å². The lowest BCUT2D eigenvalue weighted by Crippen LogP contribution is -2.29. The molecule has 0 aromatic heterocycles. The van der Waals surface area contributed by atoms with E-state index in [9.17, 15) is 4.79 Å². The number of ether oxygens (including phenoxy) is 3. The van der Waals surface area contributed by atoms with Gasteiger partial charge >= 0.3 is 0 Å². The van der Waals surface area contributed by atoms with Crippen molar-refractivity contribution in [2.45, 2.75) is 39.2 Å². The number of carbonyl (C=O) groups is 1. The van der Waals surface area contributed by atoms with Gasteiger partial charge in [-0.2, -0.15) is 0 Å². The second-order valence-electron chi connectivity index (χ2n) is 6.27. The van der Waals surface area contributed by atoms with Gasteiger partial charge in [-0.25, -0.2) is 0 Å². The van der Waals surface area contributed by atoms with E-state index in [1.165, 1.54) is 12.8 Å². The van der Waals surface area contributed by atoms with E-state index in [0.717, 1.165) is 25.1 Å². The normalized spacial score (nSPS) is 14.8. The Bertz CT molecular complexity index is 531. The third kappa shape index (κ3) is 5.81. The van der Waals surface area contributed by atoms with Crippen LogP contribution in [0.25, 0.3) is 0 Å². The molecule has 1 aromatic carbocycles. The smallest absolute Gasteiger partial charge is 0.220 e. The van der Waals surface area contributed by atoms with Crippen LogP contribution in [0, 0.1) is 5.92 Å². The average molecular weight is 350 g/mol. The lowest BCUT2D eigenvalue weighted by atomic mass is 9.93. The molecule has 1 fully saturated rings. The Labute approximate surface area is 150 Å². The maximum atomic E-state index is 12.1. The van der Waals surface area contributed by atoms with Crippen LogP contribution in [-0.2, 0) is 11.3 Å². The predicted molar refractivity (Wildman–Crippen MR) is 97.4 cm³/mol. The quantitative estimate of drug-likeness (QED) is 0.716. The Morgan fingerprint density at radius 2 is 1.84 bits per heavy atom. The Morgan fingerprint density at radius 1 is 1.20 bits per heavy atom. The molecule has 6 nitrogen and oxygen atoms in total. The molecular weight excluding hydrogens is 320 g/mol. The zero-order valence-corrected chi connectivity index (χ0v) is 15.5. The number of piperidine rings is 1. The van der Waals surface area contributed by atoms with Crippen LogP contribution in [0.3, 0.4) is 0 Å². The molecule has 0 saturated carbocycles. The third-order valence-electron chi connectivity index (χ3n) is 4.54. The van der Waals surface area contributed by atoms with Crippen LogP contribution in [0.15, 0.2) is 12.1 Å². The van der Waals surface area contributed by atoms with Gasteiger partial charge in [0.2, 0.25) is 11.7 Å². The van der Waals surface area contributed by atoms with Gasteiger partial charge in [0.05, 0.1) is 20.8 Å². The first-order chi connectivity index (χ1) is 12.2. The summed E-state index contributed by atoms with van der Waals surface area (Å²) in [6.07, 6.45) is 3.88. The van der Waals surface area contributed by atoms with Crippen molar-refractivity contribution in [3.63, 3.8) is 0 Å². The molecule has 1 aliphatic heterocycles. The largest absolute Gasteiger partial charge is 0.493 e. The fourth-order valence-electron chi connectivity index (χ4n) is 3.12. The summed E-state index contributed by atoms with van der Waals surface area (Å²) < 4.78 is 16.4. The molecule has 1 aliphatic rings. The number of carbonyl (C=O) groups excluding carboxylic acids is 1. The standard InChI is InChI=1S/C19H30N2O4/c1-4-25-19-16(23-2)11-15(12-17(19)24-3)13-21-18(22)6-5-14-7-9-20-10-8-14/h11-12,14,20H,4-10,13H2,1-3H3,(H,21,22). The molecule has 2 N–H and O–H groups in total. The molecule has 1 heterocycles. The first-order valence-corrected chi connectivity index (χ1v) is 9.03. The van der Waals surface area contributed by atoms with E-state index in [-0.39, 0.29) is 5.91 Å². The van der Waals surface area contributed by atoms with Crippen molar-refractivity contribution in [3.8, 4) is 17.2 Å². The summed E-state index contributed by atoms with van der Waals surface area (Å²) in [7, 11) is 3.19. The van der Waals surface area contributed by atoms with Gasteiger partial charge in [-0.15, -0.1) is 0 Å². The molecule has 140 valence electrons. The van der Waals surface area contributed by atoms with Gasteiger partial charge < -0.3 is 24.8 Å². The van der Waals surface area contributed by atoms with Crippen molar-refractivity contribution in [1.29, 1.82) is 0 Å². The number of hydrogen-bond donors (Lipinski definition) is 2. The lowest BCUT2D eigenvalue weighted by molar-refractivity contribution is -0.121. The Morgan fingerprint density at radius 3 is 2.40 bits per heavy atom. The number of nitrogens with one attached hydrogen (secondary N) is 2. The molecule has 1 aromatic rings. The van der Waals surface area contributed by atoms with Crippen LogP contribution < -0.4 is 24.8 Å². The molecule has 0 unspecified atom stereocenters. The van der Waals surface area contributed by atoms with E-state index < -0.39 is 0 Å². The fraction of sp³-hybridized carbons (Fsp3) is 0.632. The molecular formula is C19H30N2O4. The minimum atomic E-state index is 0.0883. The topological polar surface area (TPSA) is 68.8 Å². The maximum absolute atomic E-state index is 12.1. The number of methoxy groups -OCH3 is 2. The van der Waals surface area contributed by atoms with Crippen molar-refractivity contribution in [1.82, 2.24) is 10.6 Å². The molecule has 6 heteroatoms. The highest BCUT2D eigenvalue weighted by atomic mass is 16.5. The SMILES string of the molecule is CCOc1c(OC)cc(CNC(=O)CCC2CCNCC2)cc1OC. The van der Waals surface area contributed by atoms with Gasteiger partial charge in [-0.3, -0.25) is 4.79 Å². The minimum absolute atomic E-state index is 0.0883. The minimum Gasteiger partial charge on any atom is -0.493 e. The zero-order chi connectivity index (χ0) is 18.1. The molecule has 0 atom stereocenters. The lowest BCUT2D eigenvalue weighted by Gasteiger charge is -2.22. The average Bonchev–Trinajstić information content (AvgIpc) is 2.66. The first-order valence-electron chi connectivity index (χ1n) is 9.03. The first kappa shape index (κ1) is 19.4. The second kappa shape index (κ2) is 10.1. The van der Waals surface area contributed by atoms with Crippen LogP contribution in [0.5, 0.6) is 17.2 Å². The van der Waals surface area contributed by atoms with Gasteiger partial charge in [0, 0.05) is 13.0 Å². The van der Waals surface area contributed by atoms with Gasteiger partial charge in [0.1, 0.15) is 0 Å². The molecule has 1 saturated heterocycles. The molecule has 0 spiro atoms. The Hall–Kier alpha value is -1.95. The van der Waals surface area contributed by atoms with Gasteiger partial charge in [0.25, 0.3) is 0 Å². The van der Waals surface area contributed by atoms with E-state index in [0.29, 0.717) is 42.7 Å². The third-order valence-corrected chi connectivity index (χ3v) is 4.54. The monoisotopic (exact) mass is 350 g/mol. The van der Waals surface area contributed by atoms with E-state index in [4.69, 9.17) is 14.2 Å². The van der Waals surface area contributed by atoms with Crippen LogP contribution in [0.1, 0.15) is 38.2 Å². The van der Waals surface area contributed by atoms with E-state index in [2.05, 4.69) is 10.6 Å². The number of benzene rings is 1. The highest BCUT2D eigenvalue weighted by molar-refractivity contribution is 5.75. The number of hydrogen-bond acceptors (Lipinski definition) is 5. The summed E-state index contributed by atoms with van der Waals surface area (Å²) in [4.78, 5) is 12.1. The van der Waals surface area contributed by atoms with Crippen molar-refractivity contribution in [2.24, 2.45) is 5.92 Å². The molecule has 0 aliphatic carbocycles. The van der Waals surface area contributed by atoms with E-state index in [1.54, 1.807) is 14.2 Å². The van der Waals surface area contributed by atoms with Crippen molar-refractivity contribution in [2.75, 3.05) is 33.9 Å².